The molecule has 0 radical (unpaired) electrons. The summed E-state index contributed by atoms with van der Waals surface area (Å²) < 4.78 is 16.7. The molecule has 1 aromatic carbocycles. The smallest absolute Gasteiger partial charge is 0.213 e. The minimum absolute atomic E-state index is 0. The van der Waals surface area contributed by atoms with E-state index in [1.165, 1.54) is 0 Å². The Kier molecular flexibility index (Phi) is 13.6. The van der Waals surface area contributed by atoms with Crippen LogP contribution >= 0.6 is 24.0 Å². The number of ether oxygens (including phenoxy) is 3. The first-order valence-electron chi connectivity index (χ1n) is 11.4. The molecule has 0 atom stereocenters. The standard InChI is InChI=1S/C24H35N5O3.HI/c1-2-25-24(26-11-6-12-29-13-15-30-16-14-29)28-20-21-9-10-23(27-19-21)32-18-17-31-22-7-4-3-5-8-22;/h3-5,7-10,19H,2,6,11-18,20H2,1H3,(H2,25,26,28);1H. The van der Waals surface area contributed by atoms with Crippen LogP contribution in [0.15, 0.2) is 53.7 Å². The minimum Gasteiger partial charge on any atom is -0.490 e. The van der Waals surface area contributed by atoms with Gasteiger partial charge in [0.15, 0.2) is 5.96 Å². The average Bonchev–Trinajstić information content (AvgIpc) is 2.85. The summed E-state index contributed by atoms with van der Waals surface area (Å²) in [6.07, 6.45) is 2.88. The molecule has 0 spiro atoms. The number of halogens is 1. The third-order valence-electron chi connectivity index (χ3n) is 4.95. The van der Waals surface area contributed by atoms with Gasteiger partial charge in [0, 0.05) is 38.4 Å². The Labute approximate surface area is 214 Å². The molecule has 1 fully saturated rings. The Balaban J connectivity index is 0.00000385. The highest BCUT2D eigenvalue weighted by Crippen LogP contribution is 2.10. The van der Waals surface area contributed by atoms with Gasteiger partial charge in [-0.25, -0.2) is 9.98 Å². The van der Waals surface area contributed by atoms with Gasteiger partial charge < -0.3 is 24.8 Å². The van der Waals surface area contributed by atoms with Gasteiger partial charge in [0.1, 0.15) is 19.0 Å². The van der Waals surface area contributed by atoms with Gasteiger partial charge in [-0.3, -0.25) is 4.90 Å². The summed E-state index contributed by atoms with van der Waals surface area (Å²) in [6.45, 7) is 10.1. The van der Waals surface area contributed by atoms with E-state index in [1.54, 1.807) is 6.20 Å². The van der Waals surface area contributed by atoms with E-state index in [2.05, 4.69) is 32.4 Å². The van der Waals surface area contributed by atoms with Gasteiger partial charge in [-0.15, -0.1) is 24.0 Å². The molecule has 1 saturated heterocycles. The molecule has 9 heteroatoms. The molecule has 182 valence electrons. The van der Waals surface area contributed by atoms with E-state index in [4.69, 9.17) is 14.2 Å². The number of hydrogen-bond acceptors (Lipinski definition) is 6. The summed E-state index contributed by atoms with van der Waals surface area (Å²) in [5, 5.41) is 6.71. The topological polar surface area (TPSA) is 80.2 Å². The first-order valence-corrected chi connectivity index (χ1v) is 11.4. The molecule has 2 aromatic rings. The average molecular weight is 569 g/mol. The number of rotatable bonds is 12. The van der Waals surface area contributed by atoms with Crippen molar-refractivity contribution in [2.45, 2.75) is 19.9 Å². The highest BCUT2D eigenvalue weighted by Gasteiger charge is 2.09. The van der Waals surface area contributed by atoms with Gasteiger partial charge in [0.2, 0.25) is 5.88 Å². The second-order valence-corrected chi connectivity index (χ2v) is 7.44. The lowest BCUT2D eigenvalue weighted by atomic mass is 10.3. The van der Waals surface area contributed by atoms with Gasteiger partial charge in [0.25, 0.3) is 0 Å². The van der Waals surface area contributed by atoms with Gasteiger partial charge in [-0.2, -0.15) is 0 Å². The van der Waals surface area contributed by atoms with Crippen LogP contribution in [0.4, 0.5) is 0 Å². The van der Waals surface area contributed by atoms with E-state index in [0.29, 0.717) is 25.6 Å². The molecule has 2 N–H and O–H groups in total. The molecule has 8 nitrogen and oxygen atoms in total. The van der Waals surface area contributed by atoms with E-state index in [-0.39, 0.29) is 24.0 Å². The number of aromatic nitrogens is 1. The molecular weight excluding hydrogens is 533 g/mol. The zero-order valence-corrected chi connectivity index (χ0v) is 21.7. The second-order valence-electron chi connectivity index (χ2n) is 7.44. The highest BCUT2D eigenvalue weighted by atomic mass is 127. The van der Waals surface area contributed by atoms with E-state index >= 15 is 0 Å². The quantitative estimate of drug-likeness (QED) is 0.176. The number of guanidine groups is 1. The first-order chi connectivity index (χ1) is 15.8. The Morgan fingerprint density at radius 2 is 1.85 bits per heavy atom. The Morgan fingerprint density at radius 3 is 2.58 bits per heavy atom. The van der Waals surface area contributed by atoms with Gasteiger partial charge in [-0.1, -0.05) is 24.3 Å². The molecule has 33 heavy (non-hydrogen) atoms. The fourth-order valence-corrected chi connectivity index (χ4v) is 3.26. The molecule has 0 bridgehead atoms. The van der Waals surface area contributed by atoms with Gasteiger partial charge in [-0.05, 0) is 37.6 Å². The number of pyridine rings is 1. The van der Waals surface area contributed by atoms with Crippen LogP contribution in [-0.2, 0) is 11.3 Å². The van der Waals surface area contributed by atoms with Gasteiger partial charge in [0.05, 0.1) is 19.8 Å². The third-order valence-corrected chi connectivity index (χ3v) is 4.95. The van der Waals surface area contributed by atoms with Crippen molar-refractivity contribution in [2.24, 2.45) is 4.99 Å². The number of aliphatic imine (C=N–C) groups is 1. The molecule has 1 aliphatic heterocycles. The van der Waals surface area contributed by atoms with Crippen molar-refractivity contribution in [3.8, 4) is 11.6 Å². The van der Waals surface area contributed by atoms with E-state index in [9.17, 15) is 0 Å². The predicted octanol–water partition coefficient (Wildman–Crippen LogP) is 2.93. The highest BCUT2D eigenvalue weighted by molar-refractivity contribution is 14.0. The Hall–Kier alpha value is -2.11. The molecular formula is C24H36IN5O3. The lowest BCUT2D eigenvalue weighted by Crippen LogP contribution is -2.40. The van der Waals surface area contributed by atoms with Crippen molar-refractivity contribution in [3.05, 3.63) is 54.2 Å². The van der Waals surface area contributed by atoms with Gasteiger partial charge >= 0.3 is 0 Å². The number of morpholine rings is 1. The monoisotopic (exact) mass is 569 g/mol. The van der Waals surface area contributed by atoms with Crippen LogP contribution in [0, 0.1) is 0 Å². The van der Waals surface area contributed by atoms with Crippen molar-refractivity contribution in [3.63, 3.8) is 0 Å². The van der Waals surface area contributed by atoms with Crippen molar-refractivity contribution < 1.29 is 14.2 Å². The largest absolute Gasteiger partial charge is 0.490 e. The Bertz CT molecular complexity index is 786. The maximum absolute atomic E-state index is 5.65. The molecule has 2 heterocycles. The second kappa shape index (κ2) is 16.5. The first kappa shape index (κ1) is 27.1. The molecule has 1 aromatic heterocycles. The summed E-state index contributed by atoms with van der Waals surface area (Å²) in [5.74, 6) is 2.25. The van der Waals surface area contributed by atoms with E-state index in [1.807, 2.05) is 42.5 Å². The predicted molar refractivity (Wildman–Crippen MR) is 142 cm³/mol. The fourth-order valence-electron chi connectivity index (χ4n) is 3.26. The fraction of sp³-hybridized carbons (Fsp3) is 0.500. The van der Waals surface area contributed by atoms with Crippen molar-refractivity contribution in [1.82, 2.24) is 20.5 Å². The lowest BCUT2D eigenvalue weighted by Gasteiger charge is -2.26. The van der Waals surface area contributed by atoms with E-state index < -0.39 is 0 Å². The molecule has 0 unspecified atom stereocenters. The molecule has 0 amide bonds. The summed E-state index contributed by atoms with van der Waals surface area (Å²) in [5.41, 5.74) is 1.03. The van der Waals surface area contributed by atoms with Crippen LogP contribution < -0.4 is 20.1 Å². The van der Waals surface area contributed by atoms with E-state index in [0.717, 1.165) is 69.6 Å². The molecule has 0 aliphatic carbocycles. The van der Waals surface area contributed by atoms with Crippen LogP contribution in [0.3, 0.4) is 0 Å². The van der Waals surface area contributed by atoms with Crippen LogP contribution in [0.2, 0.25) is 0 Å². The summed E-state index contributed by atoms with van der Waals surface area (Å²) in [4.78, 5) is 11.5. The third kappa shape index (κ3) is 11.0. The summed E-state index contributed by atoms with van der Waals surface area (Å²) in [7, 11) is 0. The van der Waals surface area contributed by atoms with Crippen molar-refractivity contribution in [2.75, 3.05) is 59.2 Å². The van der Waals surface area contributed by atoms with Crippen molar-refractivity contribution >= 4 is 29.9 Å². The Morgan fingerprint density at radius 1 is 1.06 bits per heavy atom. The number of benzene rings is 1. The van der Waals surface area contributed by atoms with Crippen LogP contribution in [0.1, 0.15) is 18.9 Å². The minimum atomic E-state index is 0. The number of nitrogens with one attached hydrogen (secondary N) is 2. The number of para-hydroxylation sites is 1. The molecule has 1 aliphatic rings. The number of nitrogens with zero attached hydrogens (tertiary/aromatic N) is 3. The SMILES string of the molecule is CCNC(=NCc1ccc(OCCOc2ccccc2)nc1)NCCCN1CCOCC1.I. The zero-order chi connectivity index (χ0) is 22.3. The molecule has 0 saturated carbocycles. The molecule has 3 rings (SSSR count). The van der Waals surface area contributed by atoms with Crippen LogP contribution in [0.25, 0.3) is 0 Å². The maximum Gasteiger partial charge on any atom is 0.213 e. The summed E-state index contributed by atoms with van der Waals surface area (Å²) >= 11 is 0. The van der Waals surface area contributed by atoms with Crippen LogP contribution in [-0.4, -0.2) is 75.0 Å². The zero-order valence-electron chi connectivity index (χ0n) is 19.4. The van der Waals surface area contributed by atoms with Crippen LogP contribution in [0.5, 0.6) is 11.6 Å². The van der Waals surface area contributed by atoms with Crippen molar-refractivity contribution in [1.29, 1.82) is 0 Å². The number of hydrogen-bond donors (Lipinski definition) is 2. The normalized spacial score (nSPS) is 14.3. The lowest BCUT2D eigenvalue weighted by molar-refractivity contribution is 0.0376. The maximum atomic E-state index is 5.65. The summed E-state index contributed by atoms with van der Waals surface area (Å²) in [6, 6.07) is 13.6.